The molecule has 0 aromatic heterocycles. The molecule has 0 bridgehead atoms. The van der Waals surface area contributed by atoms with Crippen molar-refractivity contribution < 1.29 is 4.74 Å². The Balaban J connectivity index is 2.06. The first-order valence-corrected chi connectivity index (χ1v) is 6.31. The zero-order valence-corrected chi connectivity index (χ0v) is 10.3. The Morgan fingerprint density at radius 3 is 2.75 bits per heavy atom. The predicted molar refractivity (Wildman–Crippen MR) is 68.3 cm³/mol. The van der Waals surface area contributed by atoms with Gasteiger partial charge in [0.1, 0.15) is 5.75 Å². The van der Waals surface area contributed by atoms with Crippen LogP contribution in [0.15, 0.2) is 24.3 Å². The SMILES string of the molecule is CCC(C)Oc1cccc(N2CCCC2)c1. The summed E-state index contributed by atoms with van der Waals surface area (Å²) in [4.78, 5) is 2.43. The van der Waals surface area contributed by atoms with E-state index in [0.29, 0.717) is 6.10 Å². The lowest BCUT2D eigenvalue weighted by Crippen LogP contribution is -2.17. The monoisotopic (exact) mass is 219 g/mol. The lowest BCUT2D eigenvalue weighted by atomic mass is 10.2. The van der Waals surface area contributed by atoms with Crippen molar-refractivity contribution in [1.29, 1.82) is 0 Å². The highest BCUT2D eigenvalue weighted by Gasteiger charge is 2.12. The maximum atomic E-state index is 5.84. The van der Waals surface area contributed by atoms with Crippen LogP contribution in [0.5, 0.6) is 5.75 Å². The predicted octanol–water partition coefficient (Wildman–Crippen LogP) is 3.46. The normalized spacial score (nSPS) is 17.5. The number of anilines is 1. The van der Waals surface area contributed by atoms with E-state index >= 15 is 0 Å². The number of hydrogen-bond donors (Lipinski definition) is 0. The van der Waals surface area contributed by atoms with E-state index in [9.17, 15) is 0 Å². The third-order valence-electron chi connectivity index (χ3n) is 3.20. The van der Waals surface area contributed by atoms with E-state index in [4.69, 9.17) is 4.74 Å². The highest BCUT2D eigenvalue weighted by Crippen LogP contribution is 2.25. The summed E-state index contributed by atoms with van der Waals surface area (Å²) >= 11 is 0. The van der Waals surface area contributed by atoms with Gasteiger partial charge in [-0.05, 0) is 38.3 Å². The molecule has 88 valence electrons. The van der Waals surface area contributed by atoms with Gasteiger partial charge in [-0.15, -0.1) is 0 Å². The van der Waals surface area contributed by atoms with Crippen molar-refractivity contribution in [1.82, 2.24) is 0 Å². The first-order chi connectivity index (χ1) is 7.79. The standard InChI is InChI=1S/C14H21NO/c1-3-12(2)16-14-8-6-7-13(11-14)15-9-4-5-10-15/h6-8,11-12H,3-5,9-10H2,1-2H3. The minimum atomic E-state index is 0.300. The Morgan fingerprint density at radius 1 is 1.31 bits per heavy atom. The van der Waals surface area contributed by atoms with Gasteiger partial charge in [0.15, 0.2) is 0 Å². The molecular weight excluding hydrogens is 198 g/mol. The number of benzene rings is 1. The Morgan fingerprint density at radius 2 is 2.06 bits per heavy atom. The van der Waals surface area contributed by atoms with E-state index in [-0.39, 0.29) is 0 Å². The van der Waals surface area contributed by atoms with E-state index in [1.807, 2.05) is 6.07 Å². The number of nitrogens with zero attached hydrogens (tertiary/aromatic N) is 1. The van der Waals surface area contributed by atoms with Crippen LogP contribution >= 0.6 is 0 Å². The van der Waals surface area contributed by atoms with Crippen LogP contribution in [0.25, 0.3) is 0 Å². The molecule has 1 saturated heterocycles. The zero-order valence-electron chi connectivity index (χ0n) is 10.3. The van der Waals surface area contributed by atoms with Crippen molar-refractivity contribution in [2.24, 2.45) is 0 Å². The summed E-state index contributed by atoms with van der Waals surface area (Å²) in [7, 11) is 0. The van der Waals surface area contributed by atoms with Crippen molar-refractivity contribution in [3.8, 4) is 5.75 Å². The van der Waals surface area contributed by atoms with Crippen LogP contribution in [-0.2, 0) is 0 Å². The van der Waals surface area contributed by atoms with Crippen LogP contribution in [0.4, 0.5) is 5.69 Å². The Labute approximate surface area is 98.2 Å². The minimum absolute atomic E-state index is 0.300. The molecule has 0 amide bonds. The van der Waals surface area contributed by atoms with Crippen molar-refractivity contribution in [2.75, 3.05) is 18.0 Å². The summed E-state index contributed by atoms with van der Waals surface area (Å²) in [6, 6.07) is 8.48. The maximum absolute atomic E-state index is 5.84. The Kier molecular flexibility index (Phi) is 3.70. The largest absolute Gasteiger partial charge is 0.491 e. The molecule has 0 radical (unpaired) electrons. The summed E-state index contributed by atoms with van der Waals surface area (Å²) in [5.41, 5.74) is 1.30. The van der Waals surface area contributed by atoms with Crippen LogP contribution < -0.4 is 9.64 Å². The van der Waals surface area contributed by atoms with Crippen molar-refractivity contribution in [3.05, 3.63) is 24.3 Å². The molecule has 1 heterocycles. The third kappa shape index (κ3) is 2.69. The van der Waals surface area contributed by atoms with Crippen molar-refractivity contribution in [2.45, 2.75) is 39.2 Å². The molecule has 0 spiro atoms. The van der Waals surface area contributed by atoms with Gasteiger partial charge in [0.2, 0.25) is 0 Å². The molecular formula is C14H21NO. The van der Waals surface area contributed by atoms with Gasteiger partial charge in [-0.2, -0.15) is 0 Å². The zero-order chi connectivity index (χ0) is 11.4. The van der Waals surface area contributed by atoms with Gasteiger partial charge in [0.05, 0.1) is 6.10 Å². The summed E-state index contributed by atoms with van der Waals surface area (Å²) in [5, 5.41) is 0. The number of ether oxygens (including phenoxy) is 1. The Bertz CT molecular complexity index is 331. The molecule has 0 aliphatic carbocycles. The molecule has 2 nitrogen and oxygen atoms in total. The van der Waals surface area contributed by atoms with E-state index in [0.717, 1.165) is 12.2 Å². The first kappa shape index (κ1) is 11.3. The second kappa shape index (κ2) is 5.24. The third-order valence-corrected chi connectivity index (χ3v) is 3.20. The molecule has 1 atom stereocenters. The molecule has 0 N–H and O–H groups in total. The molecule has 2 rings (SSSR count). The van der Waals surface area contributed by atoms with Crippen LogP contribution in [0, 0.1) is 0 Å². The lowest BCUT2D eigenvalue weighted by Gasteiger charge is -2.19. The molecule has 0 saturated carbocycles. The fourth-order valence-electron chi connectivity index (χ4n) is 2.04. The van der Waals surface area contributed by atoms with E-state index < -0.39 is 0 Å². The van der Waals surface area contributed by atoms with Gasteiger partial charge in [-0.3, -0.25) is 0 Å². The Hall–Kier alpha value is -1.18. The molecule has 1 unspecified atom stereocenters. The van der Waals surface area contributed by atoms with Gasteiger partial charge in [-0.1, -0.05) is 13.0 Å². The van der Waals surface area contributed by atoms with E-state index in [2.05, 4.69) is 36.9 Å². The van der Waals surface area contributed by atoms with E-state index in [1.165, 1.54) is 31.6 Å². The fourth-order valence-corrected chi connectivity index (χ4v) is 2.04. The number of rotatable bonds is 4. The summed E-state index contributed by atoms with van der Waals surface area (Å²) in [6.07, 6.45) is 3.98. The lowest BCUT2D eigenvalue weighted by molar-refractivity contribution is 0.217. The van der Waals surface area contributed by atoms with Gasteiger partial charge in [0, 0.05) is 24.8 Å². The molecule has 1 fully saturated rings. The average molecular weight is 219 g/mol. The van der Waals surface area contributed by atoms with Gasteiger partial charge < -0.3 is 9.64 Å². The van der Waals surface area contributed by atoms with Gasteiger partial charge in [0.25, 0.3) is 0 Å². The quantitative estimate of drug-likeness (QED) is 0.769. The minimum Gasteiger partial charge on any atom is -0.491 e. The number of hydrogen-bond acceptors (Lipinski definition) is 2. The van der Waals surface area contributed by atoms with Crippen LogP contribution in [0.1, 0.15) is 33.1 Å². The topological polar surface area (TPSA) is 12.5 Å². The molecule has 1 aliphatic rings. The average Bonchev–Trinajstić information content (AvgIpc) is 2.83. The summed E-state index contributed by atoms with van der Waals surface area (Å²) in [6.45, 7) is 6.64. The second-order valence-corrected chi connectivity index (χ2v) is 4.53. The van der Waals surface area contributed by atoms with Crippen LogP contribution in [-0.4, -0.2) is 19.2 Å². The smallest absolute Gasteiger partial charge is 0.121 e. The molecule has 2 heteroatoms. The maximum Gasteiger partial charge on any atom is 0.121 e. The van der Waals surface area contributed by atoms with Crippen LogP contribution in [0.3, 0.4) is 0 Å². The molecule has 1 aromatic rings. The first-order valence-electron chi connectivity index (χ1n) is 6.31. The highest BCUT2D eigenvalue weighted by atomic mass is 16.5. The van der Waals surface area contributed by atoms with E-state index in [1.54, 1.807) is 0 Å². The second-order valence-electron chi connectivity index (χ2n) is 4.53. The fraction of sp³-hybridized carbons (Fsp3) is 0.571. The van der Waals surface area contributed by atoms with Gasteiger partial charge >= 0.3 is 0 Å². The summed E-state index contributed by atoms with van der Waals surface area (Å²) < 4.78 is 5.84. The highest BCUT2D eigenvalue weighted by molar-refractivity contribution is 5.51. The molecule has 1 aliphatic heterocycles. The van der Waals surface area contributed by atoms with Crippen molar-refractivity contribution >= 4 is 5.69 Å². The molecule has 1 aromatic carbocycles. The van der Waals surface area contributed by atoms with Crippen LogP contribution in [0.2, 0.25) is 0 Å². The van der Waals surface area contributed by atoms with Crippen molar-refractivity contribution in [3.63, 3.8) is 0 Å². The van der Waals surface area contributed by atoms with Gasteiger partial charge in [-0.25, -0.2) is 0 Å². The summed E-state index contributed by atoms with van der Waals surface area (Å²) in [5.74, 6) is 0.999. The molecule has 16 heavy (non-hydrogen) atoms.